The summed E-state index contributed by atoms with van der Waals surface area (Å²) >= 11 is 3.27. The predicted molar refractivity (Wildman–Crippen MR) is 281 cm³/mol. The van der Waals surface area contributed by atoms with Crippen LogP contribution in [0.15, 0.2) is 84.9 Å². The Morgan fingerprint density at radius 2 is 1.04 bits per heavy atom. The minimum Gasteiger partial charge on any atom is -0.662 e. The Morgan fingerprint density at radius 3 is 1.45 bits per heavy atom. The number of alkyl halides is 1. The second-order valence-electron chi connectivity index (χ2n) is 17.7. The van der Waals surface area contributed by atoms with Crippen molar-refractivity contribution in [3.8, 4) is 0 Å². The van der Waals surface area contributed by atoms with Crippen molar-refractivity contribution >= 4 is 56.6 Å². The molecule has 4 aromatic carbocycles. The molecule has 4 aromatic rings. The number of aryl methyl sites for hydroxylation is 1. The first-order valence-electron chi connectivity index (χ1n) is 24.3. The predicted octanol–water partition coefficient (Wildman–Crippen LogP) is 3.51. The number of carbonyl (C=O) groups excluding carboxylic acids is 1. The smallest absolute Gasteiger partial charge is 0.662 e. The van der Waals surface area contributed by atoms with E-state index < -0.39 is 9.85 Å². The van der Waals surface area contributed by atoms with Crippen LogP contribution in [0.5, 0.6) is 0 Å². The van der Waals surface area contributed by atoms with E-state index in [4.69, 9.17) is 47.9 Å². The number of benzene rings is 4. The number of carbonyl (C=O) groups is 1. The molecule has 0 saturated carbocycles. The van der Waals surface area contributed by atoms with E-state index in [1.807, 2.05) is 6.07 Å². The Balaban J connectivity index is 0.000000409. The summed E-state index contributed by atoms with van der Waals surface area (Å²) in [6.45, 7) is 24.4. The molecule has 2 aliphatic heterocycles. The minimum atomic E-state index is -0.422. The molecule has 6 rings (SSSR count). The fourth-order valence-electron chi connectivity index (χ4n) is 7.34. The molecule has 21 heteroatoms. The molecule has 75 heavy (non-hydrogen) atoms. The molecule has 2 heterocycles. The number of rotatable bonds is 30. The van der Waals surface area contributed by atoms with Gasteiger partial charge < -0.3 is 48.0 Å². The molecule has 0 aromatic heterocycles. The Hall–Kier alpha value is -3.75. The van der Waals surface area contributed by atoms with Crippen LogP contribution in [-0.4, -0.2) is 137 Å². The number of hydrogen-bond acceptors (Lipinski definition) is 15. The van der Waals surface area contributed by atoms with E-state index in [2.05, 4.69) is 115 Å². The third-order valence-electron chi connectivity index (χ3n) is 12.0. The molecule has 0 aliphatic carbocycles. The maximum atomic E-state index is 10.6. The Morgan fingerprint density at radius 1 is 0.613 bits per heavy atom. The van der Waals surface area contributed by atoms with E-state index in [0.717, 1.165) is 23.0 Å². The second kappa shape index (κ2) is 37.9. The van der Waals surface area contributed by atoms with E-state index in [1.54, 1.807) is 24.3 Å². The van der Waals surface area contributed by atoms with Crippen molar-refractivity contribution in [1.82, 2.24) is 0 Å². The fourth-order valence-corrected chi connectivity index (χ4v) is 7.57. The minimum absolute atomic E-state index is 0. The number of nitro groups is 2. The van der Waals surface area contributed by atoms with Crippen molar-refractivity contribution in [2.75, 3.05) is 104 Å². The number of ether oxygens (including phenoxy) is 8. The number of hydrogen-bond donors (Lipinski definition) is 1. The molecule has 0 radical (unpaired) electrons. The van der Waals surface area contributed by atoms with Crippen molar-refractivity contribution in [2.24, 2.45) is 0 Å². The van der Waals surface area contributed by atoms with Crippen LogP contribution in [0.4, 0.5) is 22.7 Å². The van der Waals surface area contributed by atoms with Crippen molar-refractivity contribution in [1.29, 1.82) is 0 Å². The van der Waals surface area contributed by atoms with Gasteiger partial charge in [0.2, 0.25) is 5.69 Å². The molecule has 0 unspecified atom stereocenters. The van der Waals surface area contributed by atoms with Gasteiger partial charge in [0, 0.05) is 60.5 Å². The molecule has 2 aliphatic rings. The first-order chi connectivity index (χ1) is 35.6. The van der Waals surface area contributed by atoms with Gasteiger partial charge in [0.05, 0.1) is 114 Å². The molecular weight excluding hydrogens is 1060 g/mol. The van der Waals surface area contributed by atoms with Gasteiger partial charge in [0.1, 0.15) is 18.0 Å². The summed E-state index contributed by atoms with van der Waals surface area (Å²) in [5.74, 6) is 0. The topological polar surface area (TPSA) is 226 Å². The van der Waals surface area contributed by atoms with Gasteiger partial charge in [-0.15, -0.1) is 6.07 Å². The molecule has 0 fully saturated rings. The Labute approximate surface area is 492 Å². The summed E-state index contributed by atoms with van der Waals surface area (Å²) in [6.07, 6.45) is 0. The molecule has 19 nitrogen and oxygen atoms in total. The average molecular weight is 1140 g/mol. The average Bonchev–Trinajstić information content (AvgIpc) is 3.74. The number of non-ortho nitro benzene ring substituents is 2. The van der Waals surface area contributed by atoms with E-state index in [0.29, 0.717) is 106 Å². The van der Waals surface area contributed by atoms with E-state index in [9.17, 15) is 20.2 Å². The van der Waals surface area contributed by atoms with Crippen molar-refractivity contribution < 1.29 is 124 Å². The van der Waals surface area contributed by atoms with Crippen LogP contribution in [0.3, 0.4) is 0 Å². The number of nitrogens with zero attached hydrogens (tertiary/aromatic N) is 3. The summed E-state index contributed by atoms with van der Waals surface area (Å²) in [7, 11) is 0. The summed E-state index contributed by atoms with van der Waals surface area (Å²) in [6, 6.07) is 28.5. The van der Waals surface area contributed by atoms with Gasteiger partial charge in [-0.2, -0.15) is 22.8 Å². The van der Waals surface area contributed by atoms with Gasteiger partial charge in [-0.3, -0.25) is 25.0 Å². The van der Waals surface area contributed by atoms with Gasteiger partial charge in [0.15, 0.2) is 12.3 Å². The van der Waals surface area contributed by atoms with E-state index >= 15 is 0 Å². The third-order valence-corrected chi connectivity index (χ3v) is 12.3. The van der Waals surface area contributed by atoms with Crippen molar-refractivity contribution in [2.45, 2.75) is 72.5 Å². The normalized spacial score (nSPS) is 13.3. The summed E-state index contributed by atoms with van der Waals surface area (Å²) in [4.78, 5) is 35.0. The Bertz CT molecular complexity index is 2350. The van der Waals surface area contributed by atoms with Gasteiger partial charge in [0.25, 0.3) is 17.8 Å². The fraction of sp³-hybridized carbons (Fsp3) is 0.500. The number of fused-ring (bicyclic) bond motifs is 2. The standard InChI is InChI=1S/C27H37N2O6.C15H22BrNO6.C11H12N.CH2O3.K/c1-21-5-10-26-25(19-21)27(3,4)22(2)28(26)11-12-32-13-14-33-15-16-34-17-18-35-20-23-6-8-24(9-7-23)29(30)31;16-5-6-20-7-8-21-9-10-22-11-12-23-13-14-1-3-15(4-2-14)17(18)19;1-8-11(2,3)9-6-4-5-7-10(9)12-8;2-1-4-3;/h5-10,19H,11-18,20H2,1-4H3;1-4H,5-13H2;5-7H,1-3H3;1,3H;/q+1;;-1;;+1. The summed E-state index contributed by atoms with van der Waals surface area (Å²) in [5, 5.41) is 30.4. The molecule has 1 N–H and O–H groups in total. The molecule has 0 saturated heterocycles. The zero-order chi connectivity index (χ0) is 54.2. The van der Waals surface area contributed by atoms with Crippen LogP contribution in [0, 0.1) is 33.2 Å². The number of nitro benzene ring substituents is 2. The van der Waals surface area contributed by atoms with Crippen LogP contribution < -0.4 is 61.6 Å². The van der Waals surface area contributed by atoms with E-state index in [1.165, 1.54) is 63.8 Å². The zero-order valence-electron chi connectivity index (χ0n) is 44.7. The van der Waals surface area contributed by atoms with Crippen LogP contribution >= 0.6 is 15.9 Å². The van der Waals surface area contributed by atoms with Gasteiger partial charge >= 0.3 is 51.4 Å². The summed E-state index contributed by atoms with van der Waals surface area (Å²) in [5.41, 5.74) is 11.3. The van der Waals surface area contributed by atoms with Crippen LogP contribution in [-0.2, 0) is 71.6 Å². The maximum absolute atomic E-state index is 10.6. The molecule has 406 valence electrons. The molecule has 0 spiro atoms. The molecular formula is C54H73BrKN4O15+. The van der Waals surface area contributed by atoms with Crippen molar-refractivity contribution in [3.63, 3.8) is 0 Å². The van der Waals surface area contributed by atoms with Crippen molar-refractivity contribution in [3.05, 3.63) is 139 Å². The monoisotopic (exact) mass is 1140 g/mol. The quantitative estimate of drug-likeness (QED) is 0.00908. The zero-order valence-corrected chi connectivity index (χ0v) is 49.4. The van der Waals surface area contributed by atoms with Crippen LogP contribution in [0.2, 0.25) is 0 Å². The van der Waals surface area contributed by atoms with Crippen LogP contribution in [0.25, 0.3) is 0 Å². The maximum Gasteiger partial charge on any atom is 1.00 e. The molecule has 0 amide bonds. The molecule has 0 atom stereocenters. The van der Waals surface area contributed by atoms with Gasteiger partial charge in [-0.25, -0.2) is 4.99 Å². The van der Waals surface area contributed by atoms with Crippen LogP contribution in [0.1, 0.15) is 69.4 Å². The number of nitrogens with one attached hydrogen (secondary N) is 1. The largest absolute Gasteiger partial charge is 1.00 e. The van der Waals surface area contributed by atoms with E-state index in [-0.39, 0.29) is 80.1 Å². The number of halogens is 1. The van der Waals surface area contributed by atoms with Gasteiger partial charge in [-0.1, -0.05) is 47.0 Å². The second-order valence-corrected chi connectivity index (χ2v) is 18.5. The SMILES string of the molecule is CC1=[N+](CCOCCOCCOCCOCc2ccc([N+](=O)[O-])cc2)c2ccc(C)cc2C1(C)C.CC1=[NH+]c2cc[c-]cc2C1(C)C.O=CO[O-].O=[N+]([O-])c1ccc(COCCOCCOCCOCCBr)cc1.[K+]. The summed E-state index contributed by atoms with van der Waals surface area (Å²) < 4.78 is 46.1. The molecule has 0 bridgehead atoms. The Kier molecular flexibility index (Phi) is 34.1. The third kappa shape index (κ3) is 24.6. The first kappa shape index (κ1) is 67.4. The first-order valence-corrected chi connectivity index (χ1v) is 25.4. The van der Waals surface area contributed by atoms with Gasteiger partial charge in [-0.05, 0) is 62.2 Å².